The molecule has 108 valence electrons. The summed E-state index contributed by atoms with van der Waals surface area (Å²) in [5, 5.41) is 0. The maximum absolute atomic E-state index is 10.9. The summed E-state index contributed by atoms with van der Waals surface area (Å²) < 4.78 is 18.8. The van der Waals surface area contributed by atoms with Crippen LogP contribution in [0.1, 0.15) is 13.8 Å². The number of hydrogen-bond acceptors (Lipinski definition) is 6. The second kappa shape index (κ2) is 10.2. The predicted molar refractivity (Wildman–Crippen MR) is 71.4 cm³/mol. The highest BCUT2D eigenvalue weighted by Crippen LogP contribution is 1.94. The Hall–Kier alpha value is -2.76. The molecule has 0 amide bonds. The average Bonchev–Trinajstić information content (AvgIpc) is 2.39. The molecule has 0 saturated heterocycles. The summed E-state index contributed by atoms with van der Waals surface area (Å²) in [6.07, 6.45) is 6.74. The van der Waals surface area contributed by atoms with Gasteiger partial charge in [-0.3, -0.25) is 0 Å². The lowest BCUT2D eigenvalue weighted by Gasteiger charge is -1.96. The third-order valence-corrected chi connectivity index (χ3v) is 1.53. The fraction of sp³-hybridized carbons (Fsp3) is 0.143. The molecule has 0 N–H and O–H groups in total. The van der Waals surface area contributed by atoms with Crippen molar-refractivity contribution in [2.24, 2.45) is 0 Å². The summed E-state index contributed by atoms with van der Waals surface area (Å²) in [5.41, 5.74) is 0.561. The van der Waals surface area contributed by atoms with E-state index >= 15 is 0 Å². The molecule has 6 nitrogen and oxygen atoms in total. The van der Waals surface area contributed by atoms with E-state index in [1.54, 1.807) is 0 Å². The van der Waals surface area contributed by atoms with Gasteiger partial charge in [-0.1, -0.05) is 13.2 Å². The first-order valence-corrected chi connectivity index (χ1v) is 5.44. The molecule has 0 radical (unpaired) electrons. The molecule has 0 aliphatic heterocycles. The molecule has 0 fully saturated rings. The van der Waals surface area contributed by atoms with Crippen LogP contribution in [0.15, 0.2) is 61.9 Å². The van der Waals surface area contributed by atoms with Crippen molar-refractivity contribution in [2.75, 3.05) is 0 Å². The summed E-state index contributed by atoms with van der Waals surface area (Å²) >= 11 is 0. The van der Waals surface area contributed by atoms with Gasteiger partial charge in [-0.05, 0) is 13.8 Å². The van der Waals surface area contributed by atoms with Gasteiger partial charge in [0, 0.05) is 11.1 Å². The van der Waals surface area contributed by atoms with Crippen LogP contribution in [0.3, 0.4) is 0 Å². The maximum atomic E-state index is 10.9. The van der Waals surface area contributed by atoms with Crippen molar-refractivity contribution < 1.29 is 28.5 Å². The van der Waals surface area contributed by atoms with Crippen molar-refractivity contribution in [1.82, 2.24) is 0 Å². The van der Waals surface area contributed by atoms with Crippen molar-refractivity contribution in [1.29, 1.82) is 0 Å². The third kappa shape index (κ3) is 9.29. The van der Waals surface area contributed by atoms with E-state index in [2.05, 4.69) is 22.6 Å². The maximum Gasteiger partial charge on any atom is 0.338 e. The van der Waals surface area contributed by atoms with Crippen LogP contribution in [0.2, 0.25) is 0 Å². The summed E-state index contributed by atoms with van der Waals surface area (Å²) in [7, 11) is 0. The van der Waals surface area contributed by atoms with E-state index in [1.165, 1.54) is 26.4 Å². The largest absolute Gasteiger partial charge is 0.466 e. The lowest BCUT2D eigenvalue weighted by atomic mass is 10.4. The lowest BCUT2D eigenvalue weighted by Crippen LogP contribution is -1.99. The van der Waals surface area contributed by atoms with Crippen molar-refractivity contribution >= 4 is 11.9 Å². The van der Waals surface area contributed by atoms with Crippen molar-refractivity contribution in [3.63, 3.8) is 0 Å². The SMILES string of the molecule is C=C(C)C(=O)OC=COC=COC=COC(=O)C(=C)C. The Morgan fingerprint density at radius 2 is 1.00 bits per heavy atom. The van der Waals surface area contributed by atoms with Gasteiger partial charge in [-0.25, -0.2) is 9.59 Å². The highest BCUT2D eigenvalue weighted by molar-refractivity contribution is 5.87. The van der Waals surface area contributed by atoms with Gasteiger partial charge >= 0.3 is 11.9 Å². The third-order valence-electron chi connectivity index (χ3n) is 1.53. The summed E-state index contributed by atoms with van der Waals surface area (Å²) in [5.74, 6) is -1.10. The van der Waals surface area contributed by atoms with Gasteiger partial charge in [0.2, 0.25) is 0 Å². The highest BCUT2D eigenvalue weighted by atomic mass is 16.6. The average molecular weight is 280 g/mol. The normalized spacial score (nSPS) is 10.7. The molecule has 20 heavy (non-hydrogen) atoms. The fourth-order valence-corrected chi connectivity index (χ4v) is 0.599. The molecule has 0 heterocycles. The van der Waals surface area contributed by atoms with E-state index in [1.807, 2.05) is 0 Å². The monoisotopic (exact) mass is 280 g/mol. The van der Waals surface area contributed by atoms with Gasteiger partial charge in [0.1, 0.15) is 37.6 Å². The Morgan fingerprint density at radius 1 is 0.700 bits per heavy atom. The molecule has 0 spiro atoms. The Morgan fingerprint density at radius 3 is 1.30 bits per heavy atom. The zero-order chi connectivity index (χ0) is 15.4. The number of hydrogen-bond donors (Lipinski definition) is 0. The number of carbonyl (C=O) groups excluding carboxylic acids is 2. The van der Waals surface area contributed by atoms with E-state index < -0.39 is 11.9 Å². The molecular formula is C14H16O6. The molecule has 0 aromatic carbocycles. The van der Waals surface area contributed by atoms with E-state index in [4.69, 9.17) is 9.47 Å². The van der Waals surface area contributed by atoms with Crippen LogP contribution in [-0.4, -0.2) is 11.9 Å². The van der Waals surface area contributed by atoms with Crippen LogP contribution in [-0.2, 0) is 28.5 Å². The zero-order valence-electron chi connectivity index (χ0n) is 11.3. The van der Waals surface area contributed by atoms with Gasteiger partial charge in [0.15, 0.2) is 0 Å². The zero-order valence-corrected chi connectivity index (χ0v) is 11.3. The lowest BCUT2D eigenvalue weighted by molar-refractivity contribution is -0.134. The molecule has 0 aliphatic rings. The van der Waals surface area contributed by atoms with Crippen LogP contribution in [0, 0.1) is 0 Å². The molecule has 0 aromatic rings. The number of carbonyl (C=O) groups is 2. The molecule has 0 unspecified atom stereocenters. The molecule has 0 aliphatic carbocycles. The highest BCUT2D eigenvalue weighted by Gasteiger charge is 1.99. The van der Waals surface area contributed by atoms with Crippen LogP contribution in [0.25, 0.3) is 0 Å². The number of esters is 2. The van der Waals surface area contributed by atoms with Gasteiger partial charge in [-0.2, -0.15) is 0 Å². The van der Waals surface area contributed by atoms with Crippen molar-refractivity contribution in [2.45, 2.75) is 13.8 Å². The van der Waals surface area contributed by atoms with Crippen molar-refractivity contribution in [3.05, 3.63) is 61.9 Å². The Bertz CT molecular complexity index is 414. The van der Waals surface area contributed by atoms with E-state index in [-0.39, 0.29) is 11.1 Å². The van der Waals surface area contributed by atoms with Gasteiger partial charge in [0.05, 0.1) is 0 Å². The first-order valence-electron chi connectivity index (χ1n) is 5.44. The first-order chi connectivity index (χ1) is 9.45. The fourth-order valence-electron chi connectivity index (χ4n) is 0.599. The summed E-state index contributed by atoms with van der Waals surface area (Å²) in [6, 6.07) is 0. The Labute approximate surface area is 117 Å². The predicted octanol–water partition coefficient (Wildman–Crippen LogP) is 2.67. The summed E-state index contributed by atoms with van der Waals surface area (Å²) in [4.78, 5) is 21.8. The minimum Gasteiger partial charge on any atom is -0.466 e. The van der Waals surface area contributed by atoms with E-state index in [0.29, 0.717) is 0 Å². The van der Waals surface area contributed by atoms with Crippen LogP contribution in [0.5, 0.6) is 0 Å². The standard InChI is InChI=1S/C14H16O6/c1-11(2)13(15)19-9-7-17-5-6-18-8-10-20-14(16)12(3)4/h5-10H,1,3H2,2,4H3. The Balaban J connectivity index is 3.72. The molecule has 0 aromatic heterocycles. The number of ether oxygens (including phenoxy) is 4. The van der Waals surface area contributed by atoms with Gasteiger partial charge in [-0.15, -0.1) is 0 Å². The Kier molecular flexibility index (Phi) is 8.78. The molecule has 0 rings (SSSR count). The second-order valence-electron chi connectivity index (χ2n) is 3.46. The van der Waals surface area contributed by atoms with E-state index in [9.17, 15) is 9.59 Å². The van der Waals surface area contributed by atoms with Crippen molar-refractivity contribution in [3.8, 4) is 0 Å². The topological polar surface area (TPSA) is 71.1 Å². The quantitative estimate of drug-likeness (QED) is 0.387. The molecular weight excluding hydrogens is 264 g/mol. The molecule has 0 saturated carbocycles. The van der Waals surface area contributed by atoms with Gasteiger partial charge in [0.25, 0.3) is 0 Å². The smallest absolute Gasteiger partial charge is 0.338 e. The van der Waals surface area contributed by atoms with Crippen LogP contribution >= 0.6 is 0 Å². The molecule has 6 heteroatoms. The van der Waals surface area contributed by atoms with Crippen LogP contribution in [0.4, 0.5) is 0 Å². The number of rotatable bonds is 8. The second-order valence-corrected chi connectivity index (χ2v) is 3.46. The molecule has 0 bridgehead atoms. The van der Waals surface area contributed by atoms with E-state index in [0.717, 1.165) is 25.0 Å². The van der Waals surface area contributed by atoms with Gasteiger partial charge < -0.3 is 18.9 Å². The first kappa shape index (κ1) is 17.2. The minimum absolute atomic E-state index is 0.281. The minimum atomic E-state index is -0.549. The van der Waals surface area contributed by atoms with Crippen LogP contribution < -0.4 is 0 Å². The molecule has 0 atom stereocenters. The summed E-state index contributed by atoms with van der Waals surface area (Å²) in [6.45, 7) is 9.86.